The Kier molecular flexibility index (Phi) is 4.05. The van der Waals surface area contributed by atoms with Crippen LogP contribution in [0, 0.1) is 0 Å². The van der Waals surface area contributed by atoms with Crippen molar-refractivity contribution < 1.29 is 14.7 Å². The van der Waals surface area contributed by atoms with Crippen molar-refractivity contribution in [3.63, 3.8) is 0 Å². The first kappa shape index (κ1) is 14.8. The van der Waals surface area contributed by atoms with Gasteiger partial charge in [-0.2, -0.15) is 0 Å². The molecule has 1 amide bonds. The molecule has 23 heavy (non-hydrogen) atoms. The predicted octanol–water partition coefficient (Wildman–Crippen LogP) is 1.99. The third-order valence-electron chi connectivity index (χ3n) is 3.60. The molecule has 0 spiro atoms. The minimum Gasteiger partial charge on any atom is -0.480 e. The van der Waals surface area contributed by atoms with Crippen molar-refractivity contribution in [1.29, 1.82) is 0 Å². The molecule has 6 heteroatoms. The summed E-state index contributed by atoms with van der Waals surface area (Å²) in [4.78, 5) is 30.6. The van der Waals surface area contributed by atoms with Crippen LogP contribution >= 0.6 is 0 Å². The van der Waals surface area contributed by atoms with E-state index in [0.29, 0.717) is 0 Å². The monoisotopic (exact) mass is 309 g/mol. The summed E-state index contributed by atoms with van der Waals surface area (Å²) >= 11 is 0. The molecule has 3 N–H and O–H groups in total. The number of benzene rings is 1. The summed E-state index contributed by atoms with van der Waals surface area (Å²) in [6, 6.07) is 11.5. The van der Waals surface area contributed by atoms with Gasteiger partial charge in [-0.3, -0.25) is 9.78 Å². The lowest BCUT2D eigenvalue weighted by molar-refractivity contribution is -0.139. The lowest BCUT2D eigenvalue weighted by Crippen LogP contribution is -2.42. The average Bonchev–Trinajstić information content (AvgIpc) is 2.98. The number of carboxylic acid groups (broad SMARTS) is 1. The van der Waals surface area contributed by atoms with Gasteiger partial charge in [0.25, 0.3) is 5.91 Å². The Morgan fingerprint density at radius 1 is 1.17 bits per heavy atom. The summed E-state index contributed by atoms with van der Waals surface area (Å²) in [5.74, 6) is -1.59. The van der Waals surface area contributed by atoms with Gasteiger partial charge >= 0.3 is 5.97 Å². The summed E-state index contributed by atoms with van der Waals surface area (Å²) < 4.78 is 0. The Labute approximate surface area is 132 Å². The van der Waals surface area contributed by atoms with Crippen molar-refractivity contribution in [2.45, 2.75) is 12.5 Å². The van der Waals surface area contributed by atoms with Crippen LogP contribution in [-0.2, 0) is 11.2 Å². The van der Waals surface area contributed by atoms with Crippen LogP contribution in [0.3, 0.4) is 0 Å². The Bertz CT molecular complexity index is 842. The van der Waals surface area contributed by atoms with E-state index in [1.54, 1.807) is 24.4 Å². The first-order valence-electron chi connectivity index (χ1n) is 7.15. The summed E-state index contributed by atoms with van der Waals surface area (Å²) in [6.07, 6.45) is 3.45. The number of carboxylic acids is 1. The molecule has 1 aromatic carbocycles. The van der Waals surface area contributed by atoms with Gasteiger partial charge in [0.1, 0.15) is 11.7 Å². The van der Waals surface area contributed by atoms with Crippen LogP contribution in [0.25, 0.3) is 10.9 Å². The van der Waals surface area contributed by atoms with Crippen molar-refractivity contribution >= 4 is 22.8 Å². The molecule has 116 valence electrons. The lowest BCUT2D eigenvalue weighted by atomic mass is 10.0. The molecular formula is C17H15N3O3. The number of aromatic amines is 1. The molecule has 0 aliphatic rings. The first-order valence-corrected chi connectivity index (χ1v) is 7.15. The summed E-state index contributed by atoms with van der Waals surface area (Å²) in [5, 5.41) is 12.9. The lowest BCUT2D eigenvalue weighted by Gasteiger charge is -2.14. The topological polar surface area (TPSA) is 95.1 Å². The SMILES string of the molecule is O=C(N[C@@H](Cc1c[nH]c2ccccc12)C(=O)O)c1ccccn1. The Morgan fingerprint density at radius 3 is 2.70 bits per heavy atom. The number of amides is 1. The molecule has 0 fully saturated rings. The molecule has 3 aromatic rings. The van der Waals surface area contributed by atoms with Gasteiger partial charge in [-0.05, 0) is 23.8 Å². The molecule has 1 atom stereocenters. The van der Waals surface area contributed by atoms with Gasteiger partial charge in [0, 0.05) is 29.7 Å². The normalized spacial score (nSPS) is 12.0. The number of carbonyl (C=O) groups excluding carboxylic acids is 1. The average molecular weight is 309 g/mol. The molecular weight excluding hydrogens is 294 g/mol. The van der Waals surface area contributed by atoms with Gasteiger partial charge in [0.05, 0.1) is 0 Å². The molecule has 0 aliphatic carbocycles. The number of fused-ring (bicyclic) bond motifs is 1. The third kappa shape index (κ3) is 3.21. The molecule has 2 heterocycles. The minimum atomic E-state index is -1.08. The minimum absolute atomic E-state index is 0.192. The van der Waals surface area contributed by atoms with E-state index < -0.39 is 17.9 Å². The van der Waals surface area contributed by atoms with Crippen LogP contribution in [0.2, 0.25) is 0 Å². The van der Waals surface area contributed by atoms with Crippen molar-refractivity contribution in [3.05, 3.63) is 66.1 Å². The van der Waals surface area contributed by atoms with Gasteiger partial charge < -0.3 is 15.4 Å². The summed E-state index contributed by atoms with van der Waals surface area (Å²) in [7, 11) is 0. The van der Waals surface area contributed by atoms with E-state index in [1.165, 1.54) is 6.20 Å². The van der Waals surface area contributed by atoms with Crippen molar-refractivity contribution in [3.8, 4) is 0 Å². The van der Waals surface area contributed by atoms with E-state index in [1.807, 2.05) is 24.3 Å². The van der Waals surface area contributed by atoms with E-state index in [9.17, 15) is 14.7 Å². The Morgan fingerprint density at radius 2 is 1.96 bits per heavy atom. The first-order chi connectivity index (χ1) is 11.1. The largest absolute Gasteiger partial charge is 0.480 e. The number of hydrogen-bond acceptors (Lipinski definition) is 3. The number of H-pyrrole nitrogens is 1. The third-order valence-corrected chi connectivity index (χ3v) is 3.60. The maximum absolute atomic E-state index is 12.1. The smallest absolute Gasteiger partial charge is 0.326 e. The number of aromatic nitrogens is 2. The number of carbonyl (C=O) groups is 2. The van der Waals surface area contributed by atoms with Crippen LogP contribution in [0.4, 0.5) is 0 Å². The highest BCUT2D eigenvalue weighted by Crippen LogP contribution is 2.19. The molecule has 0 saturated heterocycles. The van der Waals surface area contributed by atoms with Crippen LogP contribution in [0.15, 0.2) is 54.9 Å². The van der Waals surface area contributed by atoms with Crippen LogP contribution in [-0.4, -0.2) is 33.0 Å². The fraction of sp³-hybridized carbons (Fsp3) is 0.118. The molecule has 0 bridgehead atoms. The maximum atomic E-state index is 12.1. The molecule has 2 aromatic heterocycles. The number of aliphatic carboxylic acids is 1. The molecule has 3 rings (SSSR count). The zero-order chi connectivity index (χ0) is 16.2. The number of para-hydroxylation sites is 1. The fourth-order valence-electron chi connectivity index (χ4n) is 2.45. The van der Waals surface area contributed by atoms with Gasteiger partial charge in [-0.15, -0.1) is 0 Å². The van der Waals surface area contributed by atoms with Gasteiger partial charge in [-0.1, -0.05) is 24.3 Å². The zero-order valence-electron chi connectivity index (χ0n) is 12.2. The summed E-state index contributed by atoms with van der Waals surface area (Å²) in [5.41, 5.74) is 1.97. The maximum Gasteiger partial charge on any atom is 0.326 e. The van der Waals surface area contributed by atoms with Crippen LogP contribution in [0.1, 0.15) is 16.1 Å². The van der Waals surface area contributed by atoms with E-state index >= 15 is 0 Å². The van der Waals surface area contributed by atoms with Gasteiger partial charge in [0.15, 0.2) is 0 Å². The molecule has 0 unspecified atom stereocenters. The van der Waals surface area contributed by atoms with Crippen molar-refractivity contribution in [2.24, 2.45) is 0 Å². The quantitative estimate of drug-likeness (QED) is 0.671. The van der Waals surface area contributed by atoms with Crippen LogP contribution in [0.5, 0.6) is 0 Å². The molecule has 6 nitrogen and oxygen atoms in total. The number of rotatable bonds is 5. The second kappa shape index (κ2) is 6.31. The zero-order valence-corrected chi connectivity index (χ0v) is 12.2. The highest BCUT2D eigenvalue weighted by atomic mass is 16.4. The van der Waals surface area contributed by atoms with E-state index in [2.05, 4.69) is 15.3 Å². The molecule has 0 saturated carbocycles. The second-order valence-electron chi connectivity index (χ2n) is 5.14. The van der Waals surface area contributed by atoms with Crippen LogP contribution < -0.4 is 5.32 Å². The fourth-order valence-corrected chi connectivity index (χ4v) is 2.45. The Balaban J connectivity index is 1.80. The second-order valence-corrected chi connectivity index (χ2v) is 5.14. The van der Waals surface area contributed by atoms with E-state index in [4.69, 9.17) is 0 Å². The molecule has 0 aliphatic heterocycles. The highest BCUT2D eigenvalue weighted by Gasteiger charge is 2.22. The number of pyridine rings is 1. The predicted molar refractivity (Wildman–Crippen MR) is 85.1 cm³/mol. The van der Waals surface area contributed by atoms with E-state index in [-0.39, 0.29) is 12.1 Å². The Hall–Kier alpha value is -3.15. The van der Waals surface area contributed by atoms with Crippen molar-refractivity contribution in [2.75, 3.05) is 0 Å². The van der Waals surface area contributed by atoms with Crippen molar-refractivity contribution in [1.82, 2.24) is 15.3 Å². The van der Waals surface area contributed by atoms with Gasteiger partial charge in [0.2, 0.25) is 0 Å². The van der Waals surface area contributed by atoms with Gasteiger partial charge in [-0.25, -0.2) is 4.79 Å². The number of hydrogen-bond donors (Lipinski definition) is 3. The standard InChI is InChI=1S/C17H15N3O3/c21-16(14-7-3-4-8-18-14)20-15(17(22)23)9-11-10-19-13-6-2-1-5-12(11)13/h1-8,10,15,19H,9H2,(H,20,21)(H,22,23)/t15-/m0/s1. The number of nitrogens with zero attached hydrogens (tertiary/aromatic N) is 1. The van der Waals surface area contributed by atoms with E-state index in [0.717, 1.165) is 16.5 Å². The highest BCUT2D eigenvalue weighted by molar-refractivity contribution is 5.95. The molecule has 0 radical (unpaired) electrons. The summed E-state index contributed by atoms with van der Waals surface area (Å²) in [6.45, 7) is 0. The number of nitrogens with one attached hydrogen (secondary N) is 2.